The van der Waals surface area contributed by atoms with Crippen LogP contribution in [0.4, 0.5) is 14.5 Å². The predicted octanol–water partition coefficient (Wildman–Crippen LogP) is 3.54. The fourth-order valence-corrected chi connectivity index (χ4v) is 8.82. The van der Waals surface area contributed by atoms with E-state index in [2.05, 4.69) is 0 Å². The number of carbonyl (C=O) groups excluding carboxylic acids is 1. The lowest BCUT2D eigenvalue weighted by Gasteiger charge is -2.36. The second kappa shape index (κ2) is 9.69. The second-order valence-corrected chi connectivity index (χ2v) is 11.7. The van der Waals surface area contributed by atoms with Crippen LogP contribution in [0.3, 0.4) is 0 Å². The number of hydrogen-bond donors (Lipinski definition) is 1. The molecule has 0 aromatic heterocycles. The van der Waals surface area contributed by atoms with E-state index in [1.54, 1.807) is 91.0 Å². The molecule has 0 amide bonds. The van der Waals surface area contributed by atoms with Gasteiger partial charge in [-0.1, -0.05) is 91.0 Å². The number of alkyl halides is 2. The molecule has 4 aromatic rings. The third kappa shape index (κ3) is 4.29. The number of rotatable bonds is 8. The Balaban J connectivity index is 1.93. The number of nitrogens with zero attached hydrogens (tertiary/aromatic N) is 1. The first-order chi connectivity index (χ1) is 16.8. The Bertz CT molecular complexity index is 1220. The van der Waals surface area contributed by atoms with Crippen LogP contribution < -0.4 is 15.6 Å². The first kappa shape index (κ1) is 24.1. The largest absolute Gasteiger partial charge is 0.382 e. The van der Waals surface area contributed by atoms with E-state index < -0.39 is 30.4 Å². The van der Waals surface area contributed by atoms with Crippen molar-refractivity contribution in [3.63, 3.8) is 0 Å². The van der Waals surface area contributed by atoms with Crippen LogP contribution in [-0.4, -0.2) is 29.4 Å². The first-order valence-corrected chi connectivity index (χ1v) is 12.8. The molecule has 0 radical (unpaired) electrons. The van der Waals surface area contributed by atoms with Gasteiger partial charge in [0.15, 0.2) is 5.41 Å². The summed E-state index contributed by atoms with van der Waals surface area (Å²) in [6.07, 6.45) is -2.49. The number of benzene rings is 4. The Hall–Kier alpha value is -4.01. The van der Waals surface area contributed by atoms with E-state index in [-0.39, 0.29) is 11.3 Å². The fourth-order valence-electron chi connectivity index (χ4n) is 4.32. The summed E-state index contributed by atoms with van der Waals surface area (Å²) in [6, 6.07) is 29.5. The number of aliphatic hydroxyl groups excluding tert-OH is 1. The van der Waals surface area contributed by atoms with E-state index >= 15 is 8.78 Å². The molecule has 4 aromatic carbocycles. The molecule has 176 valence electrons. The molecular weight excluding hydrogens is 468 g/mol. The molecule has 5 nitrogen and oxygen atoms in total. The monoisotopic (exact) mass is 489 g/mol. The number of carbonyl (C=O) groups is 1. The third-order valence-corrected chi connectivity index (χ3v) is 10.6. The molecule has 0 aliphatic carbocycles. The van der Waals surface area contributed by atoms with Gasteiger partial charge in [0.05, 0.1) is 4.92 Å². The van der Waals surface area contributed by atoms with Crippen LogP contribution in [0.1, 0.15) is 11.7 Å². The summed E-state index contributed by atoms with van der Waals surface area (Å²) in [5.41, 5.74) is -0.594. The van der Waals surface area contributed by atoms with Gasteiger partial charge < -0.3 is 5.11 Å². The minimum Gasteiger partial charge on any atom is -0.382 e. The molecule has 0 saturated heterocycles. The molecule has 0 fully saturated rings. The summed E-state index contributed by atoms with van der Waals surface area (Å²) in [7, 11) is -4.04. The first-order valence-electron chi connectivity index (χ1n) is 10.8. The highest BCUT2D eigenvalue weighted by molar-refractivity contribution is 7.30. The summed E-state index contributed by atoms with van der Waals surface area (Å²) in [4.78, 5) is 24.4. The normalized spacial score (nSPS) is 12.7. The molecule has 0 aliphatic heterocycles. The Kier molecular flexibility index (Phi) is 6.68. The fraction of sp³-hybridized carbons (Fsp3) is 0.0741. The minimum absolute atomic E-state index is 0.286. The van der Waals surface area contributed by atoms with E-state index in [0.29, 0.717) is 15.6 Å². The summed E-state index contributed by atoms with van der Waals surface area (Å²) in [5, 5.41) is 21.7. The van der Waals surface area contributed by atoms with Crippen LogP contribution in [0.5, 0.6) is 0 Å². The lowest BCUT2D eigenvalue weighted by Crippen LogP contribution is -2.76. The topological polar surface area (TPSA) is 80.4 Å². The van der Waals surface area contributed by atoms with Gasteiger partial charge in [-0.05, 0) is 33.3 Å². The van der Waals surface area contributed by atoms with Crippen molar-refractivity contribution >= 4 is 34.7 Å². The van der Waals surface area contributed by atoms with E-state index in [4.69, 9.17) is 0 Å². The molecular formula is C27H21F2NO4Si. The Labute approximate surface area is 201 Å². The van der Waals surface area contributed by atoms with Crippen LogP contribution in [0.25, 0.3) is 0 Å². The second-order valence-electron chi connectivity index (χ2n) is 8.05. The Morgan fingerprint density at radius 3 is 1.46 bits per heavy atom. The number of hydrogen-bond acceptors (Lipinski definition) is 4. The molecule has 0 aliphatic rings. The van der Waals surface area contributed by atoms with E-state index in [0.717, 1.165) is 24.3 Å². The van der Waals surface area contributed by atoms with Crippen molar-refractivity contribution in [3.05, 3.63) is 131 Å². The quantitative estimate of drug-likeness (QED) is 0.178. The number of aliphatic hydroxyl groups is 1. The smallest absolute Gasteiger partial charge is 0.331 e. The van der Waals surface area contributed by atoms with Crippen molar-refractivity contribution in [1.82, 2.24) is 0 Å². The van der Waals surface area contributed by atoms with Crippen LogP contribution in [0.2, 0.25) is 0 Å². The lowest BCUT2D eigenvalue weighted by atomic mass is 10.0. The van der Waals surface area contributed by atoms with E-state index in [9.17, 15) is 20.0 Å². The highest BCUT2D eigenvalue weighted by atomic mass is 28.3. The molecule has 35 heavy (non-hydrogen) atoms. The molecule has 1 unspecified atom stereocenters. The van der Waals surface area contributed by atoms with Gasteiger partial charge in [-0.3, -0.25) is 14.9 Å². The highest BCUT2D eigenvalue weighted by Gasteiger charge is 2.60. The maximum Gasteiger partial charge on any atom is 0.331 e. The number of nitro benzene ring substituents is 1. The molecule has 0 bridgehead atoms. The van der Waals surface area contributed by atoms with Gasteiger partial charge >= 0.3 is 5.92 Å². The van der Waals surface area contributed by atoms with Gasteiger partial charge in [0.1, 0.15) is 6.10 Å². The molecule has 8 heteroatoms. The Morgan fingerprint density at radius 2 is 1.11 bits per heavy atom. The SMILES string of the molecule is O=C(C(F)(F)C(O)c1ccc([N+](=O)[O-])cc1)[Si](c1ccccc1)(c1ccccc1)c1ccccc1. The van der Waals surface area contributed by atoms with E-state index in [1.165, 1.54) is 0 Å². The van der Waals surface area contributed by atoms with Gasteiger partial charge in [-0.2, -0.15) is 8.78 Å². The zero-order chi connectivity index (χ0) is 25.1. The van der Waals surface area contributed by atoms with Gasteiger partial charge in [0, 0.05) is 12.1 Å². The van der Waals surface area contributed by atoms with Gasteiger partial charge in [-0.15, -0.1) is 0 Å². The van der Waals surface area contributed by atoms with E-state index in [1.807, 2.05) is 0 Å². The highest BCUT2D eigenvalue weighted by Crippen LogP contribution is 2.35. The maximum absolute atomic E-state index is 16.0. The Morgan fingerprint density at radius 1 is 0.743 bits per heavy atom. The summed E-state index contributed by atoms with van der Waals surface area (Å²) in [5.74, 6) is -4.19. The molecule has 4 rings (SSSR count). The van der Waals surface area contributed by atoms with Crippen molar-refractivity contribution in [2.24, 2.45) is 0 Å². The van der Waals surface area contributed by atoms with Gasteiger partial charge in [0.25, 0.3) is 5.69 Å². The number of non-ortho nitro benzene ring substituents is 1. The van der Waals surface area contributed by atoms with Crippen LogP contribution in [0, 0.1) is 10.1 Å². The standard InChI is InChI=1S/C27H21F2NO4Si/c28-27(29,25(31)20-16-18-21(19-17-20)30(33)34)26(32)35(22-10-4-1-5-11-22,23-12-6-2-7-13-23)24-14-8-3-9-15-24/h1-19,25,31H. The van der Waals surface area contributed by atoms with Crippen LogP contribution in [-0.2, 0) is 4.79 Å². The van der Waals surface area contributed by atoms with Gasteiger partial charge in [0.2, 0.25) is 8.07 Å². The predicted molar refractivity (Wildman–Crippen MR) is 132 cm³/mol. The lowest BCUT2D eigenvalue weighted by molar-refractivity contribution is -0.384. The number of nitro groups is 1. The van der Waals surface area contributed by atoms with Crippen molar-refractivity contribution in [3.8, 4) is 0 Å². The molecule has 0 saturated carbocycles. The number of halogens is 2. The van der Waals surface area contributed by atoms with Crippen molar-refractivity contribution in [2.45, 2.75) is 12.0 Å². The molecule has 1 atom stereocenters. The van der Waals surface area contributed by atoms with Crippen LogP contribution >= 0.6 is 0 Å². The molecule has 0 heterocycles. The van der Waals surface area contributed by atoms with Crippen molar-refractivity contribution in [1.29, 1.82) is 0 Å². The third-order valence-electron chi connectivity index (χ3n) is 6.03. The summed E-state index contributed by atoms with van der Waals surface area (Å²) in [6.45, 7) is 0. The van der Waals surface area contributed by atoms with Gasteiger partial charge in [-0.25, -0.2) is 0 Å². The minimum atomic E-state index is -4.19. The maximum atomic E-state index is 16.0. The zero-order valence-corrected chi connectivity index (χ0v) is 19.4. The summed E-state index contributed by atoms with van der Waals surface area (Å²) >= 11 is 0. The average molecular weight is 490 g/mol. The van der Waals surface area contributed by atoms with Crippen molar-refractivity contribution < 1.29 is 23.6 Å². The summed E-state index contributed by atoms with van der Waals surface area (Å²) < 4.78 is 32.0. The molecule has 1 N–H and O–H groups in total. The zero-order valence-electron chi connectivity index (χ0n) is 18.4. The average Bonchev–Trinajstić information content (AvgIpc) is 2.90. The molecule has 0 spiro atoms. The van der Waals surface area contributed by atoms with Crippen LogP contribution in [0.15, 0.2) is 115 Å². The van der Waals surface area contributed by atoms with Crippen molar-refractivity contribution in [2.75, 3.05) is 0 Å².